The van der Waals surface area contributed by atoms with E-state index < -0.39 is 0 Å². The Kier molecular flexibility index (Phi) is 6.90. The average molecular weight is 403 g/mol. The number of ether oxygens (including phenoxy) is 2. The Morgan fingerprint density at radius 3 is 2.68 bits per heavy atom. The first-order chi connectivity index (χ1) is 13.5. The molecule has 1 heterocycles. The molecule has 6 nitrogen and oxygen atoms in total. The van der Waals surface area contributed by atoms with Crippen LogP contribution in [0.1, 0.15) is 23.2 Å². The SMILES string of the molecule is CN(C(=O)COc1ccccc1C(=O)NC[C@H]1CCCO1)c1ccc(Cl)cc1. The Morgan fingerprint density at radius 1 is 1.21 bits per heavy atom. The molecule has 1 atom stereocenters. The number of likely N-dealkylation sites (N-methyl/N-ethyl adjacent to an activating group) is 1. The Hall–Kier alpha value is -2.57. The van der Waals surface area contributed by atoms with Crippen LogP contribution in [-0.2, 0) is 9.53 Å². The van der Waals surface area contributed by atoms with E-state index in [2.05, 4.69) is 5.32 Å². The fourth-order valence-corrected chi connectivity index (χ4v) is 3.06. The summed E-state index contributed by atoms with van der Waals surface area (Å²) in [5.41, 5.74) is 1.10. The van der Waals surface area contributed by atoms with Gasteiger partial charge in [-0.25, -0.2) is 0 Å². The van der Waals surface area contributed by atoms with Gasteiger partial charge >= 0.3 is 0 Å². The predicted octanol–water partition coefficient (Wildman–Crippen LogP) is 3.29. The lowest BCUT2D eigenvalue weighted by Crippen LogP contribution is -2.33. The fraction of sp³-hybridized carbons (Fsp3) is 0.333. The van der Waals surface area contributed by atoms with E-state index in [4.69, 9.17) is 21.1 Å². The molecule has 0 spiro atoms. The van der Waals surface area contributed by atoms with Crippen LogP contribution in [0.3, 0.4) is 0 Å². The fourth-order valence-electron chi connectivity index (χ4n) is 2.93. The zero-order chi connectivity index (χ0) is 19.9. The molecule has 0 aromatic heterocycles. The number of carbonyl (C=O) groups is 2. The Bertz CT molecular complexity index is 819. The number of hydrogen-bond acceptors (Lipinski definition) is 4. The Balaban J connectivity index is 1.58. The third kappa shape index (κ3) is 5.24. The van der Waals surface area contributed by atoms with Crippen molar-refractivity contribution in [3.8, 4) is 5.75 Å². The zero-order valence-corrected chi connectivity index (χ0v) is 16.4. The third-order valence-electron chi connectivity index (χ3n) is 4.59. The lowest BCUT2D eigenvalue weighted by atomic mass is 10.1. The van der Waals surface area contributed by atoms with Crippen LogP contribution in [0.25, 0.3) is 0 Å². The molecule has 0 radical (unpaired) electrons. The minimum atomic E-state index is -0.246. The maximum atomic E-state index is 12.5. The van der Waals surface area contributed by atoms with Gasteiger partial charge in [-0.1, -0.05) is 23.7 Å². The maximum absolute atomic E-state index is 12.5. The van der Waals surface area contributed by atoms with Crippen molar-refractivity contribution in [3.63, 3.8) is 0 Å². The molecule has 1 aliphatic heterocycles. The van der Waals surface area contributed by atoms with Crippen molar-refractivity contribution in [1.29, 1.82) is 0 Å². The number of halogens is 1. The molecule has 7 heteroatoms. The Morgan fingerprint density at radius 2 is 1.96 bits per heavy atom. The number of nitrogens with zero attached hydrogens (tertiary/aromatic N) is 1. The van der Waals surface area contributed by atoms with Gasteiger partial charge in [-0.15, -0.1) is 0 Å². The van der Waals surface area contributed by atoms with Gasteiger partial charge in [0, 0.05) is 30.9 Å². The maximum Gasteiger partial charge on any atom is 0.264 e. The van der Waals surface area contributed by atoms with E-state index in [9.17, 15) is 9.59 Å². The summed E-state index contributed by atoms with van der Waals surface area (Å²) in [6.07, 6.45) is 2.03. The van der Waals surface area contributed by atoms with Crippen LogP contribution in [0.5, 0.6) is 5.75 Å². The summed E-state index contributed by atoms with van der Waals surface area (Å²) in [6, 6.07) is 13.8. The molecule has 1 fully saturated rings. The van der Waals surface area contributed by atoms with E-state index in [0.717, 1.165) is 19.4 Å². The molecule has 3 rings (SSSR count). The van der Waals surface area contributed by atoms with Gasteiger partial charge in [0.05, 0.1) is 11.7 Å². The van der Waals surface area contributed by atoms with Gasteiger partial charge in [0.15, 0.2) is 6.61 Å². The topological polar surface area (TPSA) is 67.9 Å². The summed E-state index contributed by atoms with van der Waals surface area (Å²) >= 11 is 5.88. The molecule has 1 N–H and O–H groups in total. The number of nitrogens with one attached hydrogen (secondary N) is 1. The second-order valence-corrected chi connectivity index (χ2v) is 7.00. The number of anilines is 1. The number of benzene rings is 2. The summed E-state index contributed by atoms with van der Waals surface area (Å²) in [7, 11) is 1.66. The number of amides is 2. The number of rotatable bonds is 7. The third-order valence-corrected chi connectivity index (χ3v) is 4.84. The number of para-hydroxylation sites is 1. The van der Waals surface area contributed by atoms with Crippen molar-refractivity contribution in [2.45, 2.75) is 18.9 Å². The Labute approximate surface area is 169 Å². The van der Waals surface area contributed by atoms with Gasteiger partial charge in [0.2, 0.25) is 0 Å². The minimum absolute atomic E-state index is 0.0617. The van der Waals surface area contributed by atoms with Crippen LogP contribution in [0.15, 0.2) is 48.5 Å². The molecule has 1 saturated heterocycles. The van der Waals surface area contributed by atoms with Crippen LogP contribution < -0.4 is 15.0 Å². The first kappa shape index (κ1) is 20.2. The second kappa shape index (κ2) is 9.57. The molecule has 0 aliphatic carbocycles. The molecule has 28 heavy (non-hydrogen) atoms. The van der Waals surface area contributed by atoms with Crippen molar-refractivity contribution >= 4 is 29.1 Å². The van der Waals surface area contributed by atoms with Gasteiger partial charge in [-0.05, 0) is 49.2 Å². The molecule has 2 amide bonds. The molecule has 148 valence electrons. The quantitative estimate of drug-likeness (QED) is 0.771. The summed E-state index contributed by atoms with van der Waals surface area (Å²) in [4.78, 5) is 26.4. The van der Waals surface area contributed by atoms with Crippen LogP contribution in [0, 0.1) is 0 Å². The van der Waals surface area contributed by atoms with Gasteiger partial charge < -0.3 is 19.7 Å². The molecule has 2 aromatic carbocycles. The number of hydrogen-bond donors (Lipinski definition) is 1. The van der Waals surface area contributed by atoms with Crippen molar-refractivity contribution in [1.82, 2.24) is 5.32 Å². The molecular formula is C21H23ClN2O4. The first-order valence-corrected chi connectivity index (χ1v) is 9.56. The lowest BCUT2D eigenvalue weighted by Gasteiger charge is -2.18. The molecule has 0 saturated carbocycles. The highest BCUT2D eigenvalue weighted by Gasteiger charge is 2.19. The first-order valence-electron chi connectivity index (χ1n) is 9.18. The van der Waals surface area contributed by atoms with Crippen LogP contribution >= 0.6 is 11.6 Å². The van der Waals surface area contributed by atoms with Crippen molar-refractivity contribution in [2.24, 2.45) is 0 Å². The standard InChI is InChI=1S/C21H23ClN2O4/c1-24(16-10-8-15(22)9-11-16)20(25)14-28-19-7-3-2-6-18(19)21(26)23-13-17-5-4-12-27-17/h2-3,6-11,17H,4-5,12-14H2,1H3,(H,23,26)/t17-/m1/s1. The van der Waals surface area contributed by atoms with E-state index >= 15 is 0 Å². The van der Waals surface area contributed by atoms with Crippen molar-refractivity contribution in [3.05, 3.63) is 59.1 Å². The number of carbonyl (C=O) groups excluding carboxylic acids is 2. The van der Waals surface area contributed by atoms with E-state index in [0.29, 0.717) is 28.6 Å². The van der Waals surface area contributed by atoms with E-state index in [-0.39, 0.29) is 24.5 Å². The molecule has 0 unspecified atom stereocenters. The summed E-state index contributed by atoms with van der Waals surface area (Å²) in [5.74, 6) is -0.119. The summed E-state index contributed by atoms with van der Waals surface area (Å²) in [6.45, 7) is 1.02. The monoisotopic (exact) mass is 402 g/mol. The van der Waals surface area contributed by atoms with Crippen molar-refractivity contribution < 1.29 is 19.1 Å². The molecule has 2 aromatic rings. The molecule has 1 aliphatic rings. The summed E-state index contributed by atoms with van der Waals surface area (Å²) < 4.78 is 11.2. The van der Waals surface area contributed by atoms with E-state index in [1.54, 1.807) is 55.6 Å². The normalized spacial score (nSPS) is 15.9. The second-order valence-electron chi connectivity index (χ2n) is 6.56. The minimum Gasteiger partial charge on any atom is -0.483 e. The molecule has 0 bridgehead atoms. The summed E-state index contributed by atoms with van der Waals surface area (Å²) in [5, 5.41) is 3.47. The predicted molar refractivity (Wildman–Crippen MR) is 108 cm³/mol. The van der Waals surface area contributed by atoms with Crippen molar-refractivity contribution in [2.75, 3.05) is 31.7 Å². The van der Waals surface area contributed by atoms with Gasteiger partial charge in [0.25, 0.3) is 11.8 Å². The smallest absolute Gasteiger partial charge is 0.264 e. The average Bonchev–Trinajstić information content (AvgIpc) is 3.24. The highest BCUT2D eigenvalue weighted by molar-refractivity contribution is 6.30. The lowest BCUT2D eigenvalue weighted by molar-refractivity contribution is -0.120. The molecular weight excluding hydrogens is 380 g/mol. The van der Waals surface area contributed by atoms with Gasteiger partial charge in [0.1, 0.15) is 5.75 Å². The van der Waals surface area contributed by atoms with Crippen LogP contribution in [0.4, 0.5) is 5.69 Å². The van der Waals surface area contributed by atoms with Gasteiger partial charge in [-0.3, -0.25) is 9.59 Å². The zero-order valence-electron chi connectivity index (χ0n) is 15.7. The van der Waals surface area contributed by atoms with Gasteiger partial charge in [-0.2, -0.15) is 0 Å². The van der Waals surface area contributed by atoms with E-state index in [1.807, 2.05) is 0 Å². The van der Waals surface area contributed by atoms with E-state index in [1.165, 1.54) is 4.90 Å². The largest absolute Gasteiger partial charge is 0.483 e. The highest BCUT2D eigenvalue weighted by atomic mass is 35.5. The van der Waals surface area contributed by atoms with Crippen LogP contribution in [0.2, 0.25) is 5.02 Å². The van der Waals surface area contributed by atoms with Crippen LogP contribution in [-0.4, -0.2) is 44.7 Å². The highest BCUT2D eigenvalue weighted by Crippen LogP contribution is 2.20.